The van der Waals surface area contributed by atoms with Crippen molar-refractivity contribution in [1.82, 2.24) is 10.2 Å². The molecule has 2 N–H and O–H groups in total. The van der Waals surface area contributed by atoms with E-state index in [1.165, 1.54) is 4.90 Å². The fourth-order valence-corrected chi connectivity index (χ4v) is 4.66. The number of carbonyl (C=O) groups excluding carboxylic acids is 2. The number of benzene rings is 2. The molecule has 1 heterocycles. The zero-order valence-corrected chi connectivity index (χ0v) is 18.0. The van der Waals surface area contributed by atoms with Crippen LogP contribution >= 0.6 is 0 Å². The monoisotopic (exact) mass is 408 g/mol. The summed E-state index contributed by atoms with van der Waals surface area (Å²) in [6.45, 7) is 9.57. The molecule has 0 aliphatic carbocycles. The molecule has 3 amide bonds. The third-order valence-electron chi connectivity index (χ3n) is 6.44. The van der Waals surface area contributed by atoms with E-state index in [0.717, 1.165) is 5.56 Å². The molecule has 0 radical (unpaired) electrons. The van der Waals surface area contributed by atoms with Crippen molar-refractivity contribution in [2.24, 2.45) is 5.41 Å². The molecule has 6 heteroatoms. The number of nitrogens with zero attached hydrogens (tertiary/aromatic N) is 1. The minimum absolute atomic E-state index is 0.0863. The summed E-state index contributed by atoms with van der Waals surface area (Å²) in [5, 5.41) is 12.5. The van der Waals surface area contributed by atoms with E-state index in [9.17, 15) is 19.5 Å². The summed E-state index contributed by atoms with van der Waals surface area (Å²) in [7, 11) is 0. The molecule has 1 aliphatic rings. The molecule has 0 saturated heterocycles. The molecule has 3 rings (SSSR count). The summed E-state index contributed by atoms with van der Waals surface area (Å²) in [6, 6.07) is 16.2. The second kappa shape index (κ2) is 7.27. The molecule has 1 atom stereocenters. The quantitative estimate of drug-likeness (QED) is 0.722. The van der Waals surface area contributed by atoms with Crippen LogP contribution in [-0.2, 0) is 5.41 Å². The summed E-state index contributed by atoms with van der Waals surface area (Å²) in [5.41, 5.74) is -0.956. The van der Waals surface area contributed by atoms with Gasteiger partial charge in [0, 0.05) is 5.41 Å². The lowest BCUT2D eigenvalue weighted by atomic mass is 9.56. The summed E-state index contributed by atoms with van der Waals surface area (Å²) in [5.74, 6) is -0.805. The van der Waals surface area contributed by atoms with E-state index in [1.54, 1.807) is 24.3 Å². The number of amides is 3. The molecule has 2 aromatic rings. The first-order valence-corrected chi connectivity index (χ1v) is 9.94. The van der Waals surface area contributed by atoms with Gasteiger partial charge >= 0.3 is 6.09 Å². The van der Waals surface area contributed by atoms with Gasteiger partial charge in [-0.3, -0.25) is 14.5 Å². The van der Waals surface area contributed by atoms with Crippen LogP contribution in [0, 0.1) is 5.41 Å². The van der Waals surface area contributed by atoms with Gasteiger partial charge in [-0.1, -0.05) is 77.1 Å². The van der Waals surface area contributed by atoms with Crippen LogP contribution in [0.4, 0.5) is 4.79 Å². The van der Waals surface area contributed by atoms with Crippen molar-refractivity contribution in [2.45, 2.75) is 45.6 Å². The van der Waals surface area contributed by atoms with Gasteiger partial charge < -0.3 is 10.4 Å². The summed E-state index contributed by atoms with van der Waals surface area (Å²) < 4.78 is 0. The Balaban J connectivity index is 2.17. The highest BCUT2D eigenvalue weighted by Gasteiger charge is 2.57. The molecule has 0 bridgehead atoms. The van der Waals surface area contributed by atoms with Crippen molar-refractivity contribution in [2.75, 3.05) is 6.54 Å². The van der Waals surface area contributed by atoms with Crippen molar-refractivity contribution in [3.8, 4) is 0 Å². The van der Waals surface area contributed by atoms with E-state index < -0.39 is 34.3 Å². The maximum Gasteiger partial charge on any atom is 0.405 e. The summed E-state index contributed by atoms with van der Waals surface area (Å²) in [4.78, 5) is 39.4. The van der Waals surface area contributed by atoms with Crippen molar-refractivity contribution < 1.29 is 19.5 Å². The number of fused-ring (bicyclic) bond motifs is 1. The summed E-state index contributed by atoms with van der Waals surface area (Å²) >= 11 is 0. The molecule has 158 valence electrons. The standard InChI is InChI=1S/C24H28N2O4/c1-22(2,3)24(25-21(29)30,23(4,5)16-11-7-6-8-12-16)15-26-19(27)17-13-9-10-14-18(17)20(26)28/h6-14,25H,15H2,1-5H3,(H,29,30). The van der Waals surface area contributed by atoms with Crippen LogP contribution in [0.3, 0.4) is 0 Å². The molecule has 30 heavy (non-hydrogen) atoms. The predicted octanol–water partition coefficient (Wildman–Crippen LogP) is 4.31. The largest absolute Gasteiger partial charge is 0.465 e. The van der Waals surface area contributed by atoms with Crippen LogP contribution in [-0.4, -0.2) is 40.0 Å². The Morgan fingerprint density at radius 3 is 1.77 bits per heavy atom. The average Bonchev–Trinajstić information content (AvgIpc) is 2.92. The lowest BCUT2D eigenvalue weighted by Gasteiger charge is -2.55. The van der Waals surface area contributed by atoms with Crippen molar-refractivity contribution in [3.63, 3.8) is 0 Å². The van der Waals surface area contributed by atoms with Gasteiger partial charge in [-0.05, 0) is 23.1 Å². The van der Waals surface area contributed by atoms with Gasteiger partial charge in [0.2, 0.25) is 0 Å². The Kier molecular flexibility index (Phi) is 5.23. The van der Waals surface area contributed by atoms with Gasteiger partial charge in [0.25, 0.3) is 11.8 Å². The molecular weight excluding hydrogens is 380 g/mol. The molecule has 1 aliphatic heterocycles. The topological polar surface area (TPSA) is 86.7 Å². The minimum Gasteiger partial charge on any atom is -0.465 e. The molecule has 6 nitrogen and oxygen atoms in total. The minimum atomic E-state index is -1.20. The first-order chi connectivity index (χ1) is 13.9. The van der Waals surface area contributed by atoms with Gasteiger partial charge in [-0.2, -0.15) is 0 Å². The van der Waals surface area contributed by atoms with Crippen LogP contribution < -0.4 is 5.32 Å². The normalized spacial score (nSPS) is 16.2. The molecule has 1 unspecified atom stereocenters. The van der Waals surface area contributed by atoms with E-state index in [-0.39, 0.29) is 6.54 Å². The van der Waals surface area contributed by atoms with E-state index in [4.69, 9.17) is 0 Å². The first kappa shape index (κ1) is 21.6. The van der Waals surface area contributed by atoms with Gasteiger partial charge in [0.1, 0.15) is 0 Å². The van der Waals surface area contributed by atoms with Gasteiger partial charge in [0.05, 0.1) is 23.2 Å². The SMILES string of the molecule is CC(C)(C)C(CN1C(=O)c2ccccc2C1=O)(NC(=O)O)C(C)(C)c1ccccc1. The molecule has 0 aromatic heterocycles. The number of nitrogens with one attached hydrogen (secondary N) is 1. The molecule has 0 saturated carbocycles. The highest BCUT2D eigenvalue weighted by molar-refractivity contribution is 6.21. The van der Waals surface area contributed by atoms with Crippen molar-refractivity contribution >= 4 is 17.9 Å². The number of carboxylic acid groups (broad SMARTS) is 1. The third kappa shape index (κ3) is 3.26. The van der Waals surface area contributed by atoms with Crippen LogP contribution in [0.25, 0.3) is 0 Å². The maximum atomic E-state index is 13.1. The molecule has 0 spiro atoms. The smallest absolute Gasteiger partial charge is 0.405 e. The lowest BCUT2D eigenvalue weighted by Crippen LogP contribution is -2.71. The second-order valence-corrected chi connectivity index (χ2v) is 9.32. The van der Waals surface area contributed by atoms with Gasteiger partial charge in [-0.25, -0.2) is 4.79 Å². The first-order valence-electron chi connectivity index (χ1n) is 9.94. The number of imide groups is 1. The van der Waals surface area contributed by atoms with E-state index in [0.29, 0.717) is 11.1 Å². The van der Waals surface area contributed by atoms with Crippen molar-refractivity contribution in [3.05, 3.63) is 71.3 Å². The van der Waals surface area contributed by atoms with Crippen LogP contribution in [0.5, 0.6) is 0 Å². The van der Waals surface area contributed by atoms with Gasteiger partial charge in [-0.15, -0.1) is 0 Å². The number of hydrogen-bond acceptors (Lipinski definition) is 3. The average molecular weight is 408 g/mol. The summed E-state index contributed by atoms with van der Waals surface area (Å²) in [6.07, 6.45) is -1.20. The Morgan fingerprint density at radius 2 is 1.33 bits per heavy atom. The second-order valence-electron chi connectivity index (χ2n) is 9.32. The maximum absolute atomic E-state index is 13.1. The molecular formula is C24H28N2O4. The number of carbonyl (C=O) groups is 3. The van der Waals surface area contributed by atoms with Crippen LogP contribution in [0.1, 0.15) is 60.9 Å². The Bertz CT molecular complexity index is 957. The van der Waals surface area contributed by atoms with Crippen LogP contribution in [0.2, 0.25) is 0 Å². The third-order valence-corrected chi connectivity index (χ3v) is 6.44. The predicted molar refractivity (Wildman–Crippen MR) is 115 cm³/mol. The number of rotatable bonds is 5. The van der Waals surface area contributed by atoms with E-state index >= 15 is 0 Å². The highest BCUT2D eigenvalue weighted by Crippen LogP contribution is 2.47. The van der Waals surface area contributed by atoms with Crippen molar-refractivity contribution in [1.29, 1.82) is 0 Å². The van der Waals surface area contributed by atoms with E-state index in [1.807, 2.05) is 65.0 Å². The fraction of sp³-hybridized carbons (Fsp3) is 0.375. The molecule has 2 aromatic carbocycles. The Morgan fingerprint density at radius 1 is 0.867 bits per heavy atom. The van der Waals surface area contributed by atoms with Crippen LogP contribution in [0.15, 0.2) is 54.6 Å². The van der Waals surface area contributed by atoms with E-state index in [2.05, 4.69) is 5.32 Å². The lowest BCUT2D eigenvalue weighted by molar-refractivity contribution is 0.0213. The van der Waals surface area contributed by atoms with Gasteiger partial charge in [0.15, 0.2) is 0 Å². The zero-order chi connectivity index (χ0) is 22.3. The highest BCUT2D eigenvalue weighted by atomic mass is 16.4. The fourth-order valence-electron chi connectivity index (χ4n) is 4.66. The zero-order valence-electron chi connectivity index (χ0n) is 18.0. The number of hydrogen-bond donors (Lipinski definition) is 2. The Hall–Kier alpha value is -3.15. The molecule has 0 fully saturated rings. The Labute approximate surface area is 176 Å².